The van der Waals surface area contributed by atoms with E-state index in [1.54, 1.807) is 24.4 Å². The summed E-state index contributed by atoms with van der Waals surface area (Å²) in [4.78, 5) is 29.6. The van der Waals surface area contributed by atoms with Crippen molar-refractivity contribution in [2.75, 3.05) is 19.6 Å². The fraction of sp³-hybridized carbons (Fsp3) is 0.522. The molecule has 1 N–H and O–H groups in total. The summed E-state index contributed by atoms with van der Waals surface area (Å²) in [6.45, 7) is 3.99. The molecule has 160 valence electrons. The minimum absolute atomic E-state index is 0.0114. The lowest BCUT2D eigenvalue weighted by atomic mass is 9.83. The lowest BCUT2D eigenvalue weighted by Gasteiger charge is -2.43. The second-order valence-electron chi connectivity index (χ2n) is 8.46. The average Bonchev–Trinajstić information content (AvgIpc) is 3.21. The maximum Gasteiger partial charge on any atom is 0.257 e. The van der Waals surface area contributed by atoms with Crippen LogP contribution in [0.1, 0.15) is 53.7 Å². The zero-order chi connectivity index (χ0) is 21.1. The number of benzene rings is 1. The molecular weight excluding hydrogens is 383 g/mol. The molecule has 1 atom stereocenters. The van der Waals surface area contributed by atoms with E-state index < -0.39 is 0 Å². The normalized spacial score (nSPS) is 20.4. The molecule has 0 spiro atoms. The number of hydrogen-bond donors (Lipinski definition) is 1. The fourth-order valence-electron chi connectivity index (χ4n) is 4.89. The Balaban J connectivity index is 1.39. The van der Waals surface area contributed by atoms with Crippen molar-refractivity contribution >= 4 is 11.8 Å². The number of aromatic amines is 1. The Hall–Kier alpha value is -2.70. The van der Waals surface area contributed by atoms with Gasteiger partial charge in [0.15, 0.2) is 0 Å². The Morgan fingerprint density at radius 1 is 1.13 bits per heavy atom. The van der Waals surface area contributed by atoms with Gasteiger partial charge in [0.2, 0.25) is 5.91 Å². The number of H-pyrrole nitrogens is 1. The van der Waals surface area contributed by atoms with Crippen molar-refractivity contribution in [2.24, 2.45) is 5.92 Å². The molecule has 2 aromatic rings. The van der Waals surface area contributed by atoms with E-state index >= 15 is 0 Å². The van der Waals surface area contributed by atoms with Gasteiger partial charge in [-0.15, -0.1) is 0 Å². The number of carbonyl (C=O) groups excluding carboxylic acids is 2. The Bertz CT molecular complexity index is 904. The van der Waals surface area contributed by atoms with Gasteiger partial charge in [-0.3, -0.25) is 14.7 Å². The van der Waals surface area contributed by atoms with Crippen LogP contribution in [0.15, 0.2) is 30.5 Å². The molecule has 30 heavy (non-hydrogen) atoms. The molecule has 1 unspecified atom stereocenters. The van der Waals surface area contributed by atoms with Crippen molar-refractivity contribution in [3.05, 3.63) is 53.1 Å². The summed E-state index contributed by atoms with van der Waals surface area (Å²) < 4.78 is 14.0. The van der Waals surface area contributed by atoms with Crippen LogP contribution in [0.4, 0.5) is 4.39 Å². The van der Waals surface area contributed by atoms with Crippen LogP contribution in [0.5, 0.6) is 0 Å². The van der Waals surface area contributed by atoms with E-state index in [0.717, 1.165) is 44.3 Å². The van der Waals surface area contributed by atoms with Gasteiger partial charge in [-0.1, -0.05) is 18.2 Å². The number of likely N-dealkylation sites (tertiary alicyclic amines) is 2. The van der Waals surface area contributed by atoms with Crippen molar-refractivity contribution in [1.82, 2.24) is 20.0 Å². The number of nitrogens with one attached hydrogen (secondary N) is 1. The second-order valence-corrected chi connectivity index (χ2v) is 8.46. The highest BCUT2D eigenvalue weighted by molar-refractivity contribution is 5.95. The van der Waals surface area contributed by atoms with Gasteiger partial charge in [0.05, 0.1) is 18.2 Å². The highest BCUT2D eigenvalue weighted by Crippen LogP contribution is 2.31. The number of carbonyl (C=O) groups is 2. The van der Waals surface area contributed by atoms with E-state index in [4.69, 9.17) is 0 Å². The van der Waals surface area contributed by atoms with E-state index in [-0.39, 0.29) is 30.1 Å². The Labute approximate surface area is 176 Å². The van der Waals surface area contributed by atoms with Gasteiger partial charge in [0, 0.05) is 31.4 Å². The van der Waals surface area contributed by atoms with Gasteiger partial charge < -0.3 is 9.80 Å². The molecule has 2 fully saturated rings. The quantitative estimate of drug-likeness (QED) is 0.838. The third kappa shape index (κ3) is 4.25. The van der Waals surface area contributed by atoms with Crippen LogP contribution in [-0.2, 0) is 11.2 Å². The van der Waals surface area contributed by atoms with Gasteiger partial charge in [-0.05, 0) is 56.6 Å². The maximum atomic E-state index is 14.0. The van der Waals surface area contributed by atoms with Gasteiger partial charge in [0.25, 0.3) is 5.91 Å². The van der Waals surface area contributed by atoms with Gasteiger partial charge in [-0.2, -0.15) is 5.10 Å². The van der Waals surface area contributed by atoms with Crippen LogP contribution in [0.2, 0.25) is 0 Å². The van der Waals surface area contributed by atoms with Crippen molar-refractivity contribution in [2.45, 2.75) is 51.5 Å². The highest BCUT2D eigenvalue weighted by atomic mass is 19.1. The first-order valence-corrected chi connectivity index (χ1v) is 10.9. The number of hydrogen-bond acceptors (Lipinski definition) is 3. The van der Waals surface area contributed by atoms with Gasteiger partial charge in [-0.25, -0.2) is 4.39 Å². The van der Waals surface area contributed by atoms with Gasteiger partial charge >= 0.3 is 0 Å². The van der Waals surface area contributed by atoms with Crippen LogP contribution >= 0.6 is 0 Å². The third-order valence-corrected chi connectivity index (χ3v) is 6.60. The highest BCUT2D eigenvalue weighted by Gasteiger charge is 2.36. The monoisotopic (exact) mass is 412 g/mol. The molecule has 0 aliphatic carbocycles. The Kier molecular flexibility index (Phi) is 6.16. The molecule has 0 radical (unpaired) electrons. The summed E-state index contributed by atoms with van der Waals surface area (Å²) in [5.74, 6) is 0.0956. The number of piperidine rings is 2. The lowest BCUT2D eigenvalue weighted by Crippen LogP contribution is -2.51. The Morgan fingerprint density at radius 2 is 1.90 bits per heavy atom. The summed E-state index contributed by atoms with van der Waals surface area (Å²) in [7, 11) is 0. The number of rotatable bonds is 4. The summed E-state index contributed by atoms with van der Waals surface area (Å²) in [5, 5.41) is 6.78. The zero-order valence-corrected chi connectivity index (χ0v) is 17.4. The molecule has 3 heterocycles. The molecule has 2 aliphatic heterocycles. The van der Waals surface area contributed by atoms with E-state index in [2.05, 4.69) is 10.2 Å². The van der Waals surface area contributed by atoms with E-state index in [1.165, 1.54) is 6.07 Å². The van der Waals surface area contributed by atoms with E-state index in [9.17, 15) is 14.0 Å². The van der Waals surface area contributed by atoms with Crippen molar-refractivity contribution in [3.63, 3.8) is 0 Å². The molecule has 2 saturated heterocycles. The smallest absolute Gasteiger partial charge is 0.257 e. The van der Waals surface area contributed by atoms with Crippen LogP contribution in [0, 0.1) is 18.7 Å². The molecule has 1 aromatic heterocycles. The summed E-state index contributed by atoms with van der Waals surface area (Å²) in [5.41, 5.74) is 1.88. The predicted octanol–water partition coefficient (Wildman–Crippen LogP) is 3.33. The third-order valence-electron chi connectivity index (χ3n) is 6.60. The molecule has 0 bridgehead atoms. The fourth-order valence-corrected chi connectivity index (χ4v) is 4.89. The van der Waals surface area contributed by atoms with Crippen molar-refractivity contribution in [1.29, 1.82) is 0 Å². The molecule has 0 saturated carbocycles. The second kappa shape index (κ2) is 8.98. The number of aromatic nitrogens is 2. The maximum absolute atomic E-state index is 14.0. The topological polar surface area (TPSA) is 69.3 Å². The Morgan fingerprint density at radius 3 is 2.60 bits per heavy atom. The van der Waals surface area contributed by atoms with Gasteiger partial charge in [0.1, 0.15) is 5.82 Å². The van der Waals surface area contributed by atoms with Crippen LogP contribution in [-0.4, -0.2) is 57.5 Å². The first kappa shape index (κ1) is 20.6. The largest absolute Gasteiger partial charge is 0.339 e. The lowest BCUT2D eigenvalue weighted by molar-refractivity contribution is -0.136. The molecule has 7 heteroatoms. The van der Waals surface area contributed by atoms with Crippen LogP contribution in [0.3, 0.4) is 0 Å². The molecule has 2 amide bonds. The molecule has 6 nitrogen and oxygen atoms in total. The van der Waals surface area contributed by atoms with E-state index in [1.807, 2.05) is 16.7 Å². The number of halogens is 1. The minimum atomic E-state index is -0.319. The standard InChI is InChI=1S/C23H29FN4O2/c1-16-19(15-25-26-16)23(30)27-12-9-17(10-13-27)21-8-4-5-11-28(21)22(29)14-18-6-2-3-7-20(18)24/h2-3,6-7,15,17,21H,4-5,8-14H2,1H3,(H,25,26). The van der Waals surface area contributed by atoms with Crippen molar-refractivity contribution < 1.29 is 14.0 Å². The van der Waals surface area contributed by atoms with Crippen LogP contribution < -0.4 is 0 Å². The molecule has 2 aliphatic rings. The first-order chi connectivity index (χ1) is 14.5. The minimum Gasteiger partial charge on any atom is -0.339 e. The predicted molar refractivity (Wildman–Crippen MR) is 111 cm³/mol. The SMILES string of the molecule is Cc1[nH]ncc1C(=O)N1CCC(C2CCCCN2C(=O)Cc2ccccc2F)CC1. The molecular formula is C23H29FN4O2. The molecule has 1 aromatic carbocycles. The zero-order valence-electron chi connectivity index (χ0n) is 17.4. The van der Waals surface area contributed by atoms with Crippen molar-refractivity contribution in [3.8, 4) is 0 Å². The average molecular weight is 413 g/mol. The molecule has 4 rings (SSSR count). The number of aryl methyl sites for hydroxylation is 1. The summed E-state index contributed by atoms with van der Waals surface area (Å²) in [6, 6.07) is 6.70. The number of amides is 2. The number of nitrogens with zero attached hydrogens (tertiary/aromatic N) is 3. The summed E-state index contributed by atoms with van der Waals surface area (Å²) in [6.07, 6.45) is 6.57. The summed E-state index contributed by atoms with van der Waals surface area (Å²) >= 11 is 0. The first-order valence-electron chi connectivity index (χ1n) is 10.9. The van der Waals surface area contributed by atoms with Crippen LogP contribution in [0.25, 0.3) is 0 Å². The van der Waals surface area contributed by atoms with E-state index in [0.29, 0.717) is 30.1 Å².